The third kappa shape index (κ3) is 8.71. The number of ether oxygens (including phenoxy) is 1. The number of sulfonamides is 1. The molecule has 2 aliphatic carbocycles. The molecule has 2 saturated carbocycles. The number of ketones is 1. The number of halogens is 3. The lowest BCUT2D eigenvalue weighted by molar-refractivity contribution is -0.155. The second kappa shape index (κ2) is 12.9. The van der Waals surface area contributed by atoms with Crippen LogP contribution in [0, 0.1) is 23.2 Å². The maximum Gasteiger partial charge on any atom is 0.408 e. The molecule has 1 heterocycles. The van der Waals surface area contributed by atoms with Crippen LogP contribution in [-0.2, 0) is 33.9 Å². The van der Waals surface area contributed by atoms with Crippen molar-refractivity contribution in [2.45, 2.75) is 129 Å². The summed E-state index contributed by atoms with van der Waals surface area (Å²) in [5.74, 6) is -6.22. The number of nitrogens with zero attached hydrogens (tertiary/aromatic N) is 1. The van der Waals surface area contributed by atoms with E-state index in [0.717, 1.165) is 19.3 Å². The predicted molar refractivity (Wildman–Crippen MR) is 160 cm³/mol. The molecule has 12 nitrogen and oxygen atoms in total. The Kier molecular flexibility index (Phi) is 10.6. The minimum atomic E-state index is -5.02. The first-order chi connectivity index (χ1) is 20.8. The Morgan fingerprint density at radius 3 is 2.00 bits per heavy atom. The lowest BCUT2D eigenvalue weighted by Gasteiger charge is -2.37. The van der Waals surface area contributed by atoms with Crippen molar-refractivity contribution >= 4 is 39.6 Å². The first-order valence-corrected chi connectivity index (χ1v) is 17.0. The highest BCUT2D eigenvalue weighted by atomic mass is 32.2. The average Bonchev–Trinajstić information content (AvgIpc) is 3.21. The summed E-state index contributed by atoms with van der Waals surface area (Å²) in [6, 6.07) is -4.81. The second-order valence-corrected chi connectivity index (χ2v) is 17.6. The van der Waals surface area contributed by atoms with Gasteiger partial charge in [-0.3, -0.25) is 19.2 Å². The fourth-order valence-electron chi connectivity index (χ4n) is 6.46. The number of piperidine rings is 1. The molecule has 5 atom stereocenters. The molecule has 262 valence electrons. The number of rotatable bonds is 9. The zero-order valence-electron chi connectivity index (χ0n) is 27.7. The molecule has 2 unspecified atom stereocenters. The summed E-state index contributed by atoms with van der Waals surface area (Å²) in [6.45, 7) is 12.5. The van der Waals surface area contributed by atoms with Gasteiger partial charge in [0.15, 0.2) is 0 Å². The normalized spacial score (nSPS) is 24.7. The molecular weight excluding hydrogens is 633 g/mol. The maximum atomic E-state index is 14.1. The van der Waals surface area contributed by atoms with Crippen molar-refractivity contribution in [3.8, 4) is 0 Å². The number of carbonyl (C=O) groups is 5. The van der Waals surface area contributed by atoms with Crippen molar-refractivity contribution in [1.82, 2.24) is 20.3 Å². The molecule has 0 spiro atoms. The lowest BCUT2D eigenvalue weighted by Crippen LogP contribution is -2.60. The second-order valence-electron chi connectivity index (χ2n) is 15.2. The van der Waals surface area contributed by atoms with E-state index in [1.165, 1.54) is 30.4 Å². The Hall–Kier alpha value is -2.91. The van der Waals surface area contributed by atoms with Crippen LogP contribution < -0.4 is 15.4 Å². The molecule has 3 aliphatic rings. The highest BCUT2D eigenvalue weighted by Crippen LogP contribution is 2.65. The first kappa shape index (κ1) is 37.5. The Balaban J connectivity index is 1.90. The van der Waals surface area contributed by atoms with Gasteiger partial charge < -0.3 is 20.3 Å². The van der Waals surface area contributed by atoms with E-state index in [9.17, 15) is 45.6 Å². The highest BCUT2D eigenvalue weighted by Gasteiger charge is 2.70. The van der Waals surface area contributed by atoms with Crippen molar-refractivity contribution in [3.05, 3.63) is 0 Å². The van der Waals surface area contributed by atoms with E-state index < -0.39 is 92.0 Å². The summed E-state index contributed by atoms with van der Waals surface area (Å²) < 4.78 is 70.9. The number of nitrogens with one attached hydrogen (secondary N) is 3. The summed E-state index contributed by atoms with van der Waals surface area (Å²) in [6.07, 6.45) is -3.93. The minimum Gasteiger partial charge on any atom is -0.444 e. The monoisotopic (exact) mass is 680 g/mol. The van der Waals surface area contributed by atoms with Gasteiger partial charge in [0.1, 0.15) is 23.7 Å². The number of hydrogen-bond donors (Lipinski definition) is 3. The number of Topliss-reactive ketones (excluding diaryl/α,β-unsaturated/α-hetero) is 1. The fraction of sp³-hybridized carbons (Fsp3) is 0.833. The molecule has 3 rings (SSSR count). The fourth-order valence-corrected chi connectivity index (χ4v) is 7.11. The molecule has 3 fully saturated rings. The van der Waals surface area contributed by atoms with Crippen LogP contribution in [0.3, 0.4) is 0 Å². The van der Waals surface area contributed by atoms with Gasteiger partial charge in [-0.25, -0.2) is 17.9 Å². The van der Waals surface area contributed by atoms with E-state index in [4.69, 9.17) is 4.74 Å². The summed E-state index contributed by atoms with van der Waals surface area (Å²) in [7, 11) is -4.45. The zero-order chi connectivity index (χ0) is 35.2. The molecule has 0 aromatic heterocycles. The molecule has 1 saturated heterocycles. The molecule has 0 bridgehead atoms. The molecule has 3 N–H and O–H groups in total. The van der Waals surface area contributed by atoms with Crippen molar-refractivity contribution in [2.24, 2.45) is 23.2 Å². The lowest BCUT2D eigenvalue weighted by atomic mass is 9.83. The molecule has 16 heteroatoms. The molecule has 0 radical (unpaired) electrons. The van der Waals surface area contributed by atoms with Crippen LogP contribution in [0.2, 0.25) is 0 Å². The summed E-state index contributed by atoms with van der Waals surface area (Å²) >= 11 is 0. The van der Waals surface area contributed by atoms with Gasteiger partial charge in [-0.2, -0.15) is 13.2 Å². The number of alkyl carbamates (subject to hydrolysis) is 1. The smallest absolute Gasteiger partial charge is 0.408 e. The Morgan fingerprint density at radius 1 is 0.935 bits per heavy atom. The molecule has 0 aromatic carbocycles. The van der Waals surface area contributed by atoms with Gasteiger partial charge in [-0.1, -0.05) is 33.1 Å². The van der Waals surface area contributed by atoms with Gasteiger partial charge in [0, 0.05) is 6.54 Å². The van der Waals surface area contributed by atoms with Crippen LogP contribution in [0.5, 0.6) is 0 Å². The summed E-state index contributed by atoms with van der Waals surface area (Å²) in [5.41, 5.74) is -1.32. The van der Waals surface area contributed by atoms with E-state index in [-0.39, 0.29) is 18.4 Å². The van der Waals surface area contributed by atoms with E-state index in [2.05, 4.69) is 5.32 Å². The Labute approximate surface area is 268 Å². The number of likely N-dealkylation sites (tertiary alicyclic amines) is 1. The van der Waals surface area contributed by atoms with Gasteiger partial charge in [0.25, 0.3) is 0 Å². The molecule has 46 heavy (non-hydrogen) atoms. The van der Waals surface area contributed by atoms with Crippen molar-refractivity contribution in [1.29, 1.82) is 0 Å². The number of amides is 4. The van der Waals surface area contributed by atoms with E-state index in [1.54, 1.807) is 20.8 Å². The molecule has 4 amide bonds. The minimum absolute atomic E-state index is 0.0933. The van der Waals surface area contributed by atoms with E-state index in [1.807, 2.05) is 19.2 Å². The SMILES string of the molecule is CC(C)(C)OC(=O)N[C@H](C(=O)N1CC2[C@@H]([C@H]1C(=O)NC(CC(F)(F)F)C(=O)C(=O)NS(=O)(=O)C(C)(C)C)C2(C)C)C1CCCCC1. The van der Waals surface area contributed by atoms with Gasteiger partial charge >= 0.3 is 18.2 Å². The molecule has 1 aliphatic heterocycles. The zero-order valence-corrected chi connectivity index (χ0v) is 28.5. The van der Waals surface area contributed by atoms with E-state index in [0.29, 0.717) is 12.8 Å². The van der Waals surface area contributed by atoms with Crippen LogP contribution >= 0.6 is 0 Å². The third-order valence-corrected chi connectivity index (χ3v) is 11.2. The van der Waals surface area contributed by atoms with Crippen LogP contribution in [0.15, 0.2) is 0 Å². The third-order valence-electron chi connectivity index (χ3n) is 9.15. The van der Waals surface area contributed by atoms with Gasteiger partial charge in [-0.15, -0.1) is 0 Å². The quantitative estimate of drug-likeness (QED) is 0.312. The Morgan fingerprint density at radius 2 is 1.50 bits per heavy atom. The van der Waals surface area contributed by atoms with Crippen LogP contribution in [0.25, 0.3) is 0 Å². The van der Waals surface area contributed by atoms with Gasteiger partial charge in [0.2, 0.25) is 27.6 Å². The van der Waals surface area contributed by atoms with Gasteiger partial charge in [-0.05, 0) is 77.6 Å². The Bertz CT molecular complexity index is 1330. The van der Waals surface area contributed by atoms with Crippen LogP contribution in [0.1, 0.15) is 93.9 Å². The standard InChI is InChI=1S/C30H47F3N4O8S/c1-27(2,3)45-26(42)35-20(16-12-10-9-11-13-16)25(41)37-15-17-19(29(17,7)8)21(37)23(39)34-18(14-30(31,32)33)22(38)24(40)36-46(43,44)28(4,5)6/h16-21H,9-15H2,1-8H3,(H,34,39)(H,35,42)(H,36,40)/t17?,18?,19-,20-,21-/m0/s1. The summed E-state index contributed by atoms with van der Waals surface area (Å²) in [5, 5.41) is 4.69. The van der Waals surface area contributed by atoms with Crippen LogP contribution in [-0.4, -0.2) is 84.1 Å². The number of fused-ring (bicyclic) bond motifs is 1. The largest absolute Gasteiger partial charge is 0.444 e. The summed E-state index contributed by atoms with van der Waals surface area (Å²) in [4.78, 5) is 67.5. The maximum absolute atomic E-state index is 14.1. The predicted octanol–water partition coefficient (Wildman–Crippen LogP) is 3.19. The van der Waals surface area contributed by atoms with Crippen molar-refractivity contribution in [3.63, 3.8) is 0 Å². The number of carbonyl (C=O) groups excluding carboxylic acids is 5. The molecular formula is C30H47F3N4O8S. The average molecular weight is 681 g/mol. The van der Waals surface area contributed by atoms with Crippen molar-refractivity contribution < 1.29 is 50.3 Å². The highest BCUT2D eigenvalue weighted by molar-refractivity contribution is 7.91. The van der Waals surface area contributed by atoms with Crippen molar-refractivity contribution in [2.75, 3.05) is 6.54 Å². The van der Waals surface area contributed by atoms with Gasteiger partial charge in [0.05, 0.1) is 11.2 Å². The van der Waals surface area contributed by atoms with Crippen LogP contribution in [0.4, 0.5) is 18.0 Å². The first-order valence-electron chi connectivity index (χ1n) is 15.5. The number of alkyl halides is 3. The topological polar surface area (TPSA) is 168 Å². The number of hydrogen-bond acceptors (Lipinski definition) is 8. The van der Waals surface area contributed by atoms with E-state index >= 15 is 0 Å². The molecule has 0 aromatic rings.